The lowest BCUT2D eigenvalue weighted by Crippen LogP contribution is -2.00. The quantitative estimate of drug-likeness (QED) is 0.222. The molecule has 37 heavy (non-hydrogen) atoms. The van der Waals surface area contributed by atoms with E-state index >= 15 is 0 Å². The van der Waals surface area contributed by atoms with Crippen molar-refractivity contribution in [3.8, 4) is 23.0 Å². The summed E-state index contributed by atoms with van der Waals surface area (Å²) in [6.07, 6.45) is 3.68. The second-order valence-corrected chi connectivity index (χ2v) is 9.34. The van der Waals surface area contributed by atoms with Crippen LogP contribution in [0.1, 0.15) is 44.5 Å². The zero-order valence-electron chi connectivity index (χ0n) is 22.1. The summed E-state index contributed by atoms with van der Waals surface area (Å²) in [4.78, 5) is 0. The molecule has 0 saturated carbocycles. The number of aryl methyl sites for hydroxylation is 4. The molecule has 0 unspecified atom stereocenters. The molecule has 0 atom stereocenters. The summed E-state index contributed by atoms with van der Waals surface area (Å²) in [7, 11) is 0. The second-order valence-electron chi connectivity index (χ2n) is 9.34. The summed E-state index contributed by atoms with van der Waals surface area (Å²) in [5.74, 6) is 3.35. The van der Waals surface area contributed by atoms with Crippen molar-refractivity contribution in [3.63, 3.8) is 0 Å². The van der Waals surface area contributed by atoms with Crippen molar-refractivity contribution < 1.29 is 14.2 Å². The SMILES string of the molecule is C=Cc1ccc(COc2cc(C)c(Oc3cc(C)c(OCc4ccc(C=C)cc4)c(C)c3)c(C)c2)cc1. The normalized spacial score (nSPS) is 10.6. The van der Waals surface area contributed by atoms with E-state index in [9.17, 15) is 0 Å². The van der Waals surface area contributed by atoms with Crippen LogP contribution in [0.2, 0.25) is 0 Å². The van der Waals surface area contributed by atoms with Gasteiger partial charge in [0.1, 0.15) is 36.2 Å². The average Bonchev–Trinajstić information content (AvgIpc) is 2.89. The average molecular weight is 491 g/mol. The first-order valence-electron chi connectivity index (χ1n) is 12.4. The lowest BCUT2D eigenvalue weighted by Gasteiger charge is -2.17. The molecule has 0 amide bonds. The van der Waals surface area contributed by atoms with Crippen LogP contribution in [0.3, 0.4) is 0 Å². The van der Waals surface area contributed by atoms with Gasteiger partial charge < -0.3 is 14.2 Å². The Morgan fingerprint density at radius 1 is 0.541 bits per heavy atom. The fourth-order valence-corrected chi connectivity index (χ4v) is 4.29. The summed E-state index contributed by atoms with van der Waals surface area (Å²) in [6.45, 7) is 16.8. The summed E-state index contributed by atoms with van der Waals surface area (Å²) in [6, 6.07) is 24.5. The van der Waals surface area contributed by atoms with Crippen LogP contribution in [0.5, 0.6) is 23.0 Å². The predicted octanol–water partition coefficient (Wildman–Crippen LogP) is 9.16. The Kier molecular flexibility index (Phi) is 8.15. The van der Waals surface area contributed by atoms with E-state index < -0.39 is 0 Å². The monoisotopic (exact) mass is 490 g/mol. The van der Waals surface area contributed by atoms with Gasteiger partial charge in [0.15, 0.2) is 0 Å². The number of ether oxygens (including phenoxy) is 3. The maximum atomic E-state index is 6.36. The molecule has 0 radical (unpaired) electrons. The van der Waals surface area contributed by atoms with Crippen LogP contribution < -0.4 is 14.2 Å². The van der Waals surface area contributed by atoms with E-state index in [1.165, 1.54) is 0 Å². The summed E-state index contributed by atoms with van der Waals surface area (Å²) in [5.41, 5.74) is 8.55. The van der Waals surface area contributed by atoms with Crippen molar-refractivity contribution in [2.75, 3.05) is 0 Å². The molecule has 0 N–H and O–H groups in total. The molecular formula is C34H34O3. The Morgan fingerprint density at radius 3 is 1.41 bits per heavy atom. The van der Waals surface area contributed by atoms with Crippen molar-refractivity contribution in [2.45, 2.75) is 40.9 Å². The molecule has 4 aromatic rings. The van der Waals surface area contributed by atoms with E-state index in [0.29, 0.717) is 13.2 Å². The number of benzene rings is 4. The van der Waals surface area contributed by atoms with Crippen LogP contribution in [0.15, 0.2) is 86.0 Å². The second kappa shape index (κ2) is 11.7. The smallest absolute Gasteiger partial charge is 0.133 e. The minimum atomic E-state index is 0.509. The lowest BCUT2D eigenvalue weighted by atomic mass is 10.1. The first-order chi connectivity index (χ1) is 17.9. The minimum Gasteiger partial charge on any atom is -0.489 e. The molecule has 3 heteroatoms. The van der Waals surface area contributed by atoms with E-state index in [2.05, 4.69) is 37.4 Å². The minimum absolute atomic E-state index is 0.509. The fraction of sp³-hybridized carbons (Fsp3) is 0.176. The molecule has 0 heterocycles. The third-order valence-electron chi connectivity index (χ3n) is 6.31. The standard InChI is InChI=1S/C34H34O3/c1-7-27-9-13-29(14-10-27)21-35-31-17-25(5)34(26(6)18-31)37-32-19-23(3)33(24(4)20-32)36-22-30-15-11-28(8-2)12-16-30/h7-20H,1-2,21-22H2,3-6H3. The van der Waals surface area contributed by atoms with Gasteiger partial charge >= 0.3 is 0 Å². The number of hydrogen-bond acceptors (Lipinski definition) is 3. The van der Waals surface area contributed by atoms with E-state index in [-0.39, 0.29) is 0 Å². The van der Waals surface area contributed by atoms with E-state index in [0.717, 1.165) is 67.5 Å². The molecule has 0 bridgehead atoms. The molecule has 0 aliphatic carbocycles. The van der Waals surface area contributed by atoms with Gasteiger partial charge in [-0.25, -0.2) is 0 Å². The van der Waals surface area contributed by atoms with Crippen molar-refractivity contribution >= 4 is 12.2 Å². The van der Waals surface area contributed by atoms with Gasteiger partial charge in [-0.05, 0) is 96.5 Å². The van der Waals surface area contributed by atoms with E-state index in [4.69, 9.17) is 14.2 Å². The molecule has 3 nitrogen and oxygen atoms in total. The topological polar surface area (TPSA) is 27.7 Å². The first kappa shape index (κ1) is 25.8. The van der Waals surface area contributed by atoms with Gasteiger partial charge in [0.25, 0.3) is 0 Å². The Morgan fingerprint density at radius 2 is 0.946 bits per heavy atom. The van der Waals surface area contributed by atoms with Gasteiger partial charge in [-0.1, -0.05) is 73.8 Å². The van der Waals surface area contributed by atoms with Crippen LogP contribution in [-0.4, -0.2) is 0 Å². The highest BCUT2D eigenvalue weighted by Gasteiger charge is 2.13. The third kappa shape index (κ3) is 6.50. The molecule has 0 saturated heterocycles. The van der Waals surface area contributed by atoms with Gasteiger partial charge in [0.2, 0.25) is 0 Å². The van der Waals surface area contributed by atoms with Gasteiger partial charge in [0, 0.05) is 0 Å². The van der Waals surface area contributed by atoms with E-state index in [1.54, 1.807) is 0 Å². The first-order valence-corrected chi connectivity index (χ1v) is 12.4. The summed E-state index contributed by atoms with van der Waals surface area (Å²) >= 11 is 0. The molecule has 0 aromatic heterocycles. The van der Waals surface area contributed by atoms with Gasteiger partial charge in [-0.3, -0.25) is 0 Å². The Balaban J connectivity index is 1.43. The van der Waals surface area contributed by atoms with Gasteiger partial charge in [-0.15, -0.1) is 0 Å². The Bertz CT molecular complexity index is 1350. The highest BCUT2D eigenvalue weighted by Crippen LogP contribution is 2.36. The van der Waals surface area contributed by atoms with Crippen molar-refractivity contribution in [3.05, 3.63) is 130 Å². The molecule has 0 aliphatic rings. The van der Waals surface area contributed by atoms with Crippen LogP contribution in [0, 0.1) is 27.7 Å². The zero-order valence-corrected chi connectivity index (χ0v) is 22.1. The van der Waals surface area contributed by atoms with Crippen LogP contribution in [0.25, 0.3) is 12.2 Å². The molecule has 0 aliphatic heterocycles. The predicted molar refractivity (Wildman–Crippen MR) is 154 cm³/mol. The van der Waals surface area contributed by atoms with Crippen LogP contribution in [-0.2, 0) is 13.2 Å². The van der Waals surface area contributed by atoms with Gasteiger partial charge in [0.05, 0.1) is 0 Å². The Labute approximate surface area is 220 Å². The Hall–Kier alpha value is -4.24. The maximum Gasteiger partial charge on any atom is 0.133 e. The highest BCUT2D eigenvalue weighted by molar-refractivity contribution is 5.52. The molecule has 0 spiro atoms. The number of rotatable bonds is 10. The van der Waals surface area contributed by atoms with Crippen LogP contribution in [0.4, 0.5) is 0 Å². The van der Waals surface area contributed by atoms with Crippen molar-refractivity contribution in [2.24, 2.45) is 0 Å². The molecule has 0 fully saturated rings. The van der Waals surface area contributed by atoms with Gasteiger partial charge in [-0.2, -0.15) is 0 Å². The fourth-order valence-electron chi connectivity index (χ4n) is 4.29. The van der Waals surface area contributed by atoms with Crippen molar-refractivity contribution in [1.29, 1.82) is 0 Å². The lowest BCUT2D eigenvalue weighted by molar-refractivity contribution is 0.301. The molecular weight excluding hydrogens is 456 g/mol. The van der Waals surface area contributed by atoms with Crippen LogP contribution >= 0.6 is 0 Å². The molecule has 188 valence electrons. The third-order valence-corrected chi connectivity index (χ3v) is 6.31. The largest absolute Gasteiger partial charge is 0.489 e. The van der Waals surface area contributed by atoms with Crippen molar-refractivity contribution in [1.82, 2.24) is 0 Å². The number of hydrogen-bond donors (Lipinski definition) is 0. The zero-order chi connectivity index (χ0) is 26.4. The molecule has 4 rings (SSSR count). The highest BCUT2D eigenvalue weighted by atomic mass is 16.5. The maximum absolute atomic E-state index is 6.36. The summed E-state index contributed by atoms with van der Waals surface area (Å²) < 4.78 is 18.6. The summed E-state index contributed by atoms with van der Waals surface area (Å²) in [5, 5.41) is 0. The van der Waals surface area contributed by atoms with E-state index in [1.807, 2.05) is 88.4 Å². The molecule has 4 aromatic carbocycles.